The van der Waals surface area contributed by atoms with E-state index in [2.05, 4.69) is 44.9 Å². The number of aliphatic imine (C=N–C) groups is 1. The molecule has 6 rings (SSSR count). The van der Waals surface area contributed by atoms with Gasteiger partial charge >= 0.3 is 0 Å². The first-order valence-electron chi connectivity index (χ1n) is 9.79. The first-order chi connectivity index (χ1) is 14.9. The summed E-state index contributed by atoms with van der Waals surface area (Å²) in [6.07, 6.45) is 13.9. The third kappa shape index (κ3) is 5.04. The molecule has 1 atom stereocenters. The fourth-order valence-electron chi connectivity index (χ4n) is 3.53. The number of fused-ring (bicyclic) bond motifs is 2. The van der Waals surface area contributed by atoms with E-state index in [1.54, 1.807) is 0 Å². The van der Waals surface area contributed by atoms with Crippen LogP contribution in [0.2, 0.25) is 0 Å². The van der Waals surface area contributed by atoms with Gasteiger partial charge in [0.25, 0.3) is 6.34 Å². The number of pyridine rings is 1. The van der Waals surface area contributed by atoms with Crippen molar-refractivity contribution in [3.05, 3.63) is 121 Å². The van der Waals surface area contributed by atoms with E-state index in [9.17, 15) is 0 Å². The van der Waals surface area contributed by atoms with Gasteiger partial charge in [0.15, 0.2) is 6.04 Å². The molecule has 164 valence electrons. The molecule has 2 aromatic heterocycles. The van der Waals surface area contributed by atoms with E-state index in [-0.39, 0.29) is 48.2 Å². The molecule has 0 bridgehead atoms. The van der Waals surface area contributed by atoms with Crippen LogP contribution in [-0.4, -0.2) is 32.1 Å². The summed E-state index contributed by atoms with van der Waals surface area (Å²) in [5.74, 6) is 0. The summed E-state index contributed by atoms with van der Waals surface area (Å²) in [7, 11) is 0. The molecule has 0 spiro atoms. The quantitative estimate of drug-likeness (QED) is 0.217. The van der Waals surface area contributed by atoms with Gasteiger partial charge in [-0.1, -0.05) is 22.7 Å². The molecule has 0 saturated heterocycles. The molecule has 4 nitrogen and oxygen atoms in total. The molecule has 6 heteroatoms. The van der Waals surface area contributed by atoms with E-state index in [4.69, 9.17) is 0 Å². The van der Waals surface area contributed by atoms with Crippen LogP contribution in [0.25, 0.3) is 16.8 Å². The summed E-state index contributed by atoms with van der Waals surface area (Å²) in [6.45, 7) is 0. The summed E-state index contributed by atoms with van der Waals surface area (Å²) in [5.41, 5.74) is 5.26. The summed E-state index contributed by atoms with van der Waals surface area (Å²) in [4.78, 5) is 8.83. The van der Waals surface area contributed by atoms with Crippen molar-refractivity contribution in [2.45, 2.75) is 6.04 Å². The van der Waals surface area contributed by atoms with Gasteiger partial charge in [-0.3, -0.25) is 4.98 Å². The zero-order valence-electron chi connectivity index (χ0n) is 16.9. The Morgan fingerprint density at radius 3 is 2.34 bits per heavy atom. The number of hydrogen-bond donors (Lipinski definition) is 0. The zero-order chi connectivity index (χ0) is 20.2. The summed E-state index contributed by atoms with van der Waals surface area (Å²) in [6, 6.07) is 28.5. The Bertz CT molecular complexity index is 1290. The van der Waals surface area contributed by atoms with Crippen molar-refractivity contribution in [3.8, 4) is 11.3 Å². The van der Waals surface area contributed by atoms with Crippen molar-refractivity contribution in [3.63, 3.8) is 0 Å². The van der Waals surface area contributed by atoms with E-state index in [1.165, 1.54) is 0 Å². The Balaban J connectivity index is 0.000000170. The number of allylic oxidation sites excluding steroid dienone is 2. The van der Waals surface area contributed by atoms with Crippen LogP contribution < -0.4 is 0 Å². The molecule has 2 aliphatic heterocycles. The van der Waals surface area contributed by atoms with Crippen molar-refractivity contribution in [2.24, 2.45) is 4.99 Å². The Morgan fingerprint density at radius 2 is 1.59 bits per heavy atom. The number of rotatable bonds is 2. The average Bonchev–Trinajstić information content (AvgIpc) is 3.45. The van der Waals surface area contributed by atoms with Crippen molar-refractivity contribution in [2.75, 3.05) is 0 Å². The van der Waals surface area contributed by atoms with Crippen LogP contribution in [0.5, 0.6) is 0 Å². The van der Waals surface area contributed by atoms with Crippen LogP contribution in [0.15, 0.2) is 109 Å². The Kier molecular flexibility index (Phi) is 8.44. The van der Waals surface area contributed by atoms with Crippen LogP contribution in [0.1, 0.15) is 5.56 Å². The molecule has 4 aromatic rings. The molecule has 1 unspecified atom stereocenters. The second kappa shape index (κ2) is 11.3. The van der Waals surface area contributed by atoms with Gasteiger partial charge in [0.2, 0.25) is 0 Å². The minimum absolute atomic E-state index is 0. The van der Waals surface area contributed by atoms with E-state index in [1.807, 2.05) is 96.2 Å². The van der Waals surface area contributed by atoms with Gasteiger partial charge in [-0.25, -0.2) is 4.58 Å². The van der Waals surface area contributed by atoms with Crippen LogP contribution >= 0.6 is 0 Å². The molecule has 0 amide bonds. The molecule has 0 N–H and O–H groups in total. The fraction of sp³-hybridized carbons (Fsp3) is 0.0385. The number of imidazole rings is 1. The van der Waals surface area contributed by atoms with Crippen LogP contribution in [0, 0.1) is 12.1 Å². The molecule has 32 heavy (non-hydrogen) atoms. The van der Waals surface area contributed by atoms with Gasteiger partial charge < -0.3 is 4.40 Å². The largest absolute Gasteiger partial charge is 0.315 e. The Hall–Kier alpha value is -2.67. The first kappa shape index (κ1) is 24.0. The van der Waals surface area contributed by atoms with Crippen molar-refractivity contribution < 1.29 is 46.7 Å². The number of hydrogen-bond acceptors (Lipinski definition) is 2. The monoisotopic (exact) mass is 777 g/mol. The zero-order valence-corrected chi connectivity index (χ0v) is 21.4. The standard InChI is InChI=1S/C13H10N2.C13H9N2.2Pt/c2*1-2-6-11(7-3-1)13-12-8-4-5-9-15(12)10-14-13;;/h1-6,8-10,12H;1-6,8-10H;;/q;-1;;. The van der Waals surface area contributed by atoms with Gasteiger partial charge in [0.05, 0.1) is 12.5 Å². The van der Waals surface area contributed by atoms with Gasteiger partial charge in [-0.15, -0.1) is 66.2 Å². The van der Waals surface area contributed by atoms with Crippen LogP contribution in [0.3, 0.4) is 0 Å². The fourth-order valence-corrected chi connectivity index (χ4v) is 3.53. The van der Waals surface area contributed by atoms with Gasteiger partial charge in [-0.2, -0.15) is 0 Å². The molecule has 2 aromatic carbocycles. The molecule has 0 saturated carbocycles. The second-order valence-corrected chi connectivity index (χ2v) is 6.89. The second-order valence-electron chi connectivity index (χ2n) is 6.89. The third-order valence-corrected chi connectivity index (χ3v) is 4.99. The minimum Gasteiger partial charge on any atom is -0.315 e. The molecule has 2 aliphatic rings. The SMILES string of the molecule is [Pt].[Pt].[c-]1ccccc1-c1ncn2ccccc12.[c-]1ccccc1C1=NC=[N+]2C=CC=CC12. The maximum Gasteiger partial charge on any atom is 0.276 e. The molecule has 4 heterocycles. The van der Waals surface area contributed by atoms with Crippen molar-refractivity contribution in [1.29, 1.82) is 0 Å². The van der Waals surface area contributed by atoms with E-state index in [0.717, 1.165) is 28.0 Å². The molecule has 0 aliphatic carbocycles. The van der Waals surface area contributed by atoms with E-state index < -0.39 is 0 Å². The maximum absolute atomic E-state index is 4.43. The van der Waals surface area contributed by atoms with Crippen LogP contribution in [-0.2, 0) is 42.1 Å². The first-order valence-corrected chi connectivity index (χ1v) is 9.79. The van der Waals surface area contributed by atoms with E-state index >= 15 is 0 Å². The third-order valence-electron chi connectivity index (χ3n) is 4.99. The summed E-state index contributed by atoms with van der Waals surface area (Å²) >= 11 is 0. The molecular weight excluding hydrogens is 758 g/mol. The maximum atomic E-state index is 4.43. The van der Waals surface area contributed by atoms with E-state index in [0.29, 0.717) is 0 Å². The predicted molar refractivity (Wildman–Crippen MR) is 120 cm³/mol. The minimum atomic E-state index is 0. The molecule has 0 fully saturated rings. The smallest absolute Gasteiger partial charge is 0.276 e. The number of nitrogens with zero attached hydrogens (tertiary/aromatic N) is 4. The Labute approximate surface area is 216 Å². The molecular formula is C26H19N4Pt2-. The summed E-state index contributed by atoms with van der Waals surface area (Å²) in [5, 5.41) is 0. The number of aromatic nitrogens is 2. The topological polar surface area (TPSA) is 32.7 Å². The predicted octanol–water partition coefficient (Wildman–Crippen LogP) is 4.58. The average molecular weight is 778 g/mol. The van der Waals surface area contributed by atoms with Crippen LogP contribution in [0.4, 0.5) is 0 Å². The van der Waals surface area contributed by atoms with Gasteiger partial charge in [0.1, 0.15) is 5.71 Å². The molecule has 0 radical (unpaired) electrons. The number of benzene rings is 2. The van der Waals surface area contributed by atoms with Crippen molar-refractivity contribution in [1.82, 2.24) is 9.38 Å². The normalized spacial score (nSPS) is 15.4. The van der Waals surface area contributed by atoms with Gasteiger partial charge in [0, 0.05) is 59.5 Å². The van der Waals surface area contributed by atoms with Crippen molar-refractivity contribution >= 4 is 17.6 Å². The van der Waals surface area contributed by atoms with Gasteiger partial charge in [-0.05, 0) is 24.3 Å². The summed E-state index contributed by atoms with van der Waals surface area (Å²) < 4.78 is 4.10. The Morgan fingerprint density at radius 1 is 0.844 bits per heavy atom.